The second-order valence-electron chi connectivity index (χ2n) is 7.56. The topological polar surface area (TPSA) is 12.0 Å². The molecule has 3 rings (SSSR count). The zero-order valence-electron chi connectivity index (χ0n) is 13.3. The molecular weight excluding hydrogens is 242 g/mol. The van der Waals surface area contributed by atoms with Gasteiger partial charge in [0.1, 0.15) is 0 Å². The van der Waals surface area contributed by atoms with E-state index in [2.05, 4.69) is 50.4 Å². The van der Waals surface area contributed by atoms with Crippen LogP contribution in [0.3, 0.4) is 0 Å². The van der Waals surface area contributed by atoms with Crippen molar-refractivity contribution < 1.29 is 0 Å². The minimum absolute atomic E-state index is 0.339. The van der Waals surface area contributed by atoms with Gasteiger partial charge in [-0.1, -0.05) is 51.0 Å². The van der Waals surface area contributed by atoms with Gasteiger partial charge in [0.05, 0.1) is 0 Å². The van der Waals surface area contributed by atoms with Crippen molar-refractivity contribution in [1.82, 2.24) is 5.32 Å². The first kappa shape index (κ1) is 14.1. The van der Waals surface area contributed by atoms with E-state index in [0.29, 0.717) is 17.5 Å². The van der Waals surface area contributed by atoms with E-state index in [1.165, 1.54) is 38.5 Å². The van der Waals surface area contributed by atoms with Crippen LogP contribution in [-0.2, 0) is 5.41 Å². The largest absolute Gasteiger partial charge is 0.307 e. The van der Waals surface area contributed by atoms with Gasteiger partial charge < -0.3 is 5.32 Å². The van der Waals surface area contributed by atoms with Gasteiger partial charge in [0.15, 0.2) is 0 Å². The van der Waals surface area contributed by atoms with Crippen molar-refractivity contribution in [1.29, 1.82) is 0 Å². The minimum atomic E-state index is 0.339. The van der Waals surface area contributed by atoms with Crippen LogP contribution >= 0.6 is 0 Å². The molecule has 0 saturated heterocycles. The summed E-state index contributed by atoms with van der Waals surface area (Å²) in [5, 5.41) is 3.95. The van der Waals surface area contributed by atoms with E-state index >= 15 is 0 Å². The van der Waals surface area contributed by atoms with Gasteiger partial charge in [-0.3, -0.25) is 0 Å². The van der Waals surface area contributed by atoms with Gasteiger partial charge >= 0.3 is 0 Å². The van der Waals surface area contributed by atoms with Crippen LogP contribution in [-0.4, -0.2) is 6.04 Å². The summed E-state index contributed by atoms with van der Waals surface area (Å²) in [4.78, 5) is 0. The van der Waals surface area contributed by atoms with Gasteiger partial charge in [-0.15, -0.1) is 0 Å². The molecule has 0 spiro atoms. The molecule has 0 bridgehead atoms. The number of benzene rings is 1. The normalized spacial score (nSPS) is 27.2. The summed E-state index contributed by atoms with van der Waals surface area (Å²) in [7, 11) is 0. The SMILES string of the molecule is C[C@@H](NC1CCC(C)(C)c2ccccc21)C1CCCC1. The predicted molar refractivity (Wildman–Crippen MR) is 86.0 cm³/mol. The molecule has 1 unspecified atom stereocenters. The molecule has 0 radical (unpaired) electrons. The fourth-order valence-electron chi connectivity index (χ4n) is 4.30. The summed E-state index contributed by atoms with van der Waals surface area (Å²) in [5.74, 6) is 0.900. The first-order chi connectivity index (χ1) is 9.58. The number of fused-ring (bicyclic) bond motifs is 1. The highest BCUT2D eigenvalue weighted by Crippen LogP contribution is 2.42. The maximum Gasteiger partial charge on any atom is 0.0325 e. The highest BCUT2D eigenvalue weighted by atomic mass is 15.0. The molecule has 1 heteroatoms. The van der Waals surface area contributed by atoms with Crippen molar-refractivity contribution in [2.45, 2.75) is 76.8 Å². The molecule has 20 heavy (non-hydrogen) atoms. The van der Waals surface area contributed by atoms with Crippen LogP contribution in [0.15, 0.2) is 24.3 Å². The smallest absolute Gasteiger partial charge is 0.0325 e. The summed E-state index contributed by atoms with van der Waals surface area (Å²) in [6.45, 7) is 7.18. The monoisotopic (exact) mass is 271 g/mol. The van der Waals surface area contributed by atoms with Crippen LogP contribution in [0.4, 0.5) is 0 Å². The second kappa shape index (κ2) is 5.52. The summed E-state index contributed by atoms with van der Waals surface area (Å²) < 4.78 is 0. The maximum absolute atomic E-state index is 3.95. The Morgan fingerprint density at radius 2 is 1.80 bits per heavy atom. The summed E-state index contributed by atoms with van der Waals surface area (Å²) in [6.07, 6.45) is 8.29. The van der Waals surface area contributed by atoms with E-state index in [9.17, 15) is 0 Å². The third-order valence-electron chi connectivity index (χ3n) is 5.69. The van der Waals surface area contributed by atoms with Crippen molar-refractivity contribution in [2.75, 3.05) is 0 Å². The molecule has 0 heterocycles. The molecule has 1 aromatic carbocycles. The highest BCUT2D eigenvalue weighted by Gasteiger charge is 2.33. The van der Waals surface area contributed by atoms with Gasteiger partial charge in [0.2, 0.25) is 0 Å². The molecule has 1 nitrogen and oxygen atoms in total. The summed E-state index contributed by atoms with van der Waals surface area (Å²) in [5.41, 5.74) is 3.45. The van der Waals surface area contributed by atoms with Crippen LogP contribution in [0.5, 0.6) is 0 Å². The molecule has 0 amide bonds. The lowest BCUT2D eigenvalue weighted by molar-refractivity contribution is 0.295. The van der Waals surface area contributed by atoms with Crippen LogP contribution < -0.4 is 5.32 Å². The third kappa shape index (κ3) is 2.65. The van der Waals surface area contributed by atoms with Gasteiger partial charge in [0.25, 0.3) is 0 Å². The standard InChI is InChI=1S/C19H29N/c1-14(15-8-4-5-9-15)20-18-12-13-19(2,3)17-11-7-6-10-16(17)18/h6-7,10-11,14-15,18,20H,4-5,8-9,12-13H2,1-3H3/t14-,18?/m1/s1. The zero-order valence-corrected chi connectivity index (χ0v) is 13.3. The fraction of sp³-hybridized carbons (Fsp3) is 0.684. The third-order valence-corrected chi connectivity index (χ3v) is 5.69. The Morgan fingerprint density at radius 1 is 1.10 bits per heavy atom. The summed E-state index contributed by atoms with van der Waals surface area (Å²) >= 11 is 0. The zero-order chi connectivity index (χ0) is 14.2. The van der Waals surface area contributed by atoms with Crippen molar-refractivity contribution >= 4 is 0 Å². The predicted octanol–water partition coefficient (Wildman–Crippen LogP) is 4.97. The van der Waals surface area contributed by atoms with Gasteiger partial charge in [-0.05, 0) is 55.1 Å². The van der Waals surface area contributed by atoms with Gasteiger partial charge in [0, 0.05) is 12.1 Å². The maximum atomic E-state index is 3.95. The quantitative estimate of drug-likeness (QED) is 0.818. The molecule has 0 aromatic heterocycles. The Balaban J connectivity index is 1.78. The molecule has 1 saturated carbocycles. The summed E-state index contributed by atoms with van der Waals surface area (Å²) in [6, 6.07) is 10.3. The van der Waals surface area contributed by atoms with E-state index in [4.69, 9.17) is 0 Å². The van der Waals surface area contributed by atoms with E-state index in [1.54, 1.807) is 11.1 Å². The van der Waals surface area contributed by atoms with Gasteiger partial charge in [-0.25, -0.2) is 0 Å². The van der Waals surface area contributed by atoms with Crippen LogP contribution in [0, 0.1) is 5.92 Å². The Morgan fingerprint density at radius 3 is 2.55 bits per heavy atom. The van der Waals surface area contributed by atoms with Crippen LogP contribution in [0.2, 0.25) is 0 Å². The number of hydrogen-bond acceptors (Lipinski definition) is 1. The highest BCUT2D eigenvalue weighted by molar-refractivity contribution is 5.38. The van der Waals surface area contributed by atoms with E-state index in [1.807, 2.05) is 0 Å². The Hall–Kier alpha value is -0.820. The lowest BCUT2D eigenvalue weighted by Crippen LogP contribution is -2.39. The van der Waals surface area contributed by atoms with Crippen LogP contribution in [0.1, 0.15) is 76.5 Å². The number of nitrogens with one attached hydrogen (secondary N) is 1. The Kier molecular flexibility index (Phi) is 3.90. The first-order valence-electron chi connectivity index (χ1n) is 8.43. The molecule has 110 valence electrons. The molecule has 1 N–H and O–H groups in total. The molecule has 2 aliphatic carbocycles. The fourth-order valence-corrected chi connectivity index (χ4v) is 4.30. The molecule has 1 aromatic rings. The van der Waals surface area contributed by atoms with Gasteiger partial charge in [-0.2, -0.15) is 0 Å². The van der Waals surface area contributed by atoms with Crippen molar-refractivity contribution in [3.05, 3.63) is 35.4 Å². The van der Waals surface area contributed by atoms with Crippen molar-refractivity contribution in [3.8, 4) is 0 Å². The Bertz CT molecular complexity index is 457. The van der Waals surface area contributed by atoms with E-state index < -0.39 is 0 Å². The molecule has 1 fully saturated rings. The molecule has 2 aliphatic rings. The van der Waals surface area contributed by atoms with E-state index in [-0.39, 0.29) is 0 Å². The Labute approximate surface area is 124 Å². The van der Waals surface area contributed by atoms with Crippen LogP contribution in [0.25, 0.3) is 0 Å². The number of rotatable bonds is 3. The lowest BCUT2D eigenvalue weighted by Gasteiger charge is -2.39. The second-order valence-corrected chi connectivity index (χ2v) is 7.56. The minimum Gasteiger partial charge on any atom is -0.307 e. The van der Waals surface area contributed by atoms with E-state index in [0.717, 1.165) is 5.92 Å². The average Bonchev–Trinajstić information content (AvgIpc) is 2.96. The van der Waals surface area contributed by atoms with Crippen molar-refractivity contribution in [3.63, 3.8) is 0 Å². The average molecular weight is 271 g/mol. The lowest BCUT2D eigenvalue weighted by atomic mass is 9.71. The molecule has 0 aliphatic heterocycles. The first-order valence-corrected chi connectivity index (χ1v) is 8.43. The molecular formula is C19H29N. The van der Waals surface area contributed by atoms with Crippen molar-refractivity contribution in [2.24, 2.45) is 5.92 Å². The number of hydrogen-bond donors (Lipinski definition) is 1. The molecule has 2 atom stereocenters.